The first-order valence-electron chi connectivity index (χ1n) is 7.27. The van der Waals surface area contributed by atoms with Gasteiger partial charge in [-0.1, -0.05) is 12.1 Å². The Morgan fingerprint density at radius 3 is 2.48 bits per heavy atom. The van der Waals surface area contributed by atoms with Crippen molar-refractivity contribution in [2.75, 3.05) is 5.32 Å². The van der Waals surface area contributed by atoms with Gasteiger partial charge in [-0.05, 0) is 33.3 Å². The van der Waals surface area contributed by atoms with Crippen LogP contribution >= 0.6 is 0 Å². The minimum atomic E-state index is -0.607. The van der Waals surface area contributed by atoms with E-state index in [1.807, 2.05) is 6.92 Å². The van der Waals surface area contributed by atoms with E-state index in [0.29, 0.717) is 35.1 Å². The third-order valence-corrected chi connectivity index (χ3v) is 3.25. The number of aryl methyl sites for hydroxylation is 3. The van der Waals surface area contributed by atoms with Gasteiger partial charge in [0.2, 0.25) is 5.91 Å². The Morgan fingerprint density at radius 1 is 1.22 bits per heavy atom. The quantitative estimate of drug-likeness (QED) is 0.701. The number of hydrogen-bond acceptors (Lipinski definition) is 6. The van der Waals surface area contributed by atoms with Crippen molar-refractivity contribution in [3.63, 3.8) is 0 Å². The number of nitrogens with one attached hydrogen (secondary N) is 3. The molecule has 3 N–H and O–H groups in total. The lowest BCUT2D eigenvalue weighted by Gasteiger charge is -2.16. The molecule has 2 rings (SSSR count). The van der Waals surface area contributed by atoms with E-state index in [9.17, 15) is 9.59 Å². The number of anilines is 1. The minimum Gasteiger partial charge on any atom is -0.466 e. The molecule has 0 bridgehead atoms. The second-order valence-corrected chi connectivity index (χ2v) is 5.20. The van der Waals surface area contributed by atoms with Crippen LogP contribution in [0.25, 0.3) is 0 Å². The van der Waals surface area contributed by atoms with E-state index in [0.717, 1.165) is 0 Å². The molecular formula is C15H20N4O4. The summed E-state index contributed by atoms with van der Waals surface area (Å²) in [6.07, 6.45) is 0.479. The fourth-order valence-corrected chi connectivity index (χ4v) is 2.07. The van der Waals surface area contributed by atoms with Crippen LogP contribution < -0.4 is 16.2 Å². The number of amides is 2. The van der Waals surface area contributed by atoms with Gasteiger partial charge in [0.25, 0.3) is 5.91 Å². The Kier molecular flexibility index (Phi) is 5.17. The minimum absolute atomic E-state index is 0.318. The van der Waals surface area contributed by atoms with E-state index in [2.05, 4.69) is 21.3 Å². The third kappa shape index (κ3) is 4.19. The molecule has 0 saturated heterocycles. The van der Waals surface area contributed by atoms with Crippen molar-refractivity contribution < 1.29 is 18.5 Å². The molecule has 8 heteroatoms. The van der Waals surface area contributed by atoms with Crippen molar-refractivity contribution in [1.82, 2.24) is 16.0 Å². The predicted octanol–water partition coefficient (Wildman–Crippen LogP) is 1.84. The molecule has 2 aromatic heterocycles. The standard InChI is InChI=1S/C15H20N4O4/c1-5-12(15(21)16-13-7-9(3)23-19-13)17-18-14(20)11-6-8(2)22-10(11)4/h6-7,12,17H,5H2,1-4H3,(H,18,20)(H,16,19,21)/t12-/m0/s1. The molecule has 2 amide bonds. The molecule has 0 aliphatic rings. The third-order valence-electron chi connectivity index (χ3n) is 3.25. The first kappa shape index (κ1) is 16.8. The maximum atomic E-state index is 12.1. The van der Waals surface area contributed by atoms with Crippen LogP contribution in [0.2, 0.25) is 0 Å². The van der Waals surface area contributed by atoms with Crippen LogP contribution in [0.3, 0.4) is 0 Å². The summed E-state index contributed by atoms with van der Waals surface area (Å²) in [5.74, 6) is 1.43. The summed E-state index contributed by atoms with van der Waals surface area (Å²) in [5.41, 5.74) is 5.67. The van der Waals surface area contributed by atoms with Gasteiger partial charge in [-0.25, -0.2) is 5.43 Å². The monoisotopic (exact) mass is 320 g/mol. The van der Waals surface area contributed by atoms with Crippen molar-refractivity contribution in [3.05, 3.63) is 35.0 Å². The lowest BCUT2D eigenvalue weighted by atomic mass is 10.2. The Morgan fingerprint density at radius 2 is 1.96 bits per heavy atom. The summed E-state index contributed by atoms with van der Waals surface area (Å²) in [7, 11) is 0. The summed E-state index contributed by atoms with van der Waals surface area (Å²) in [5, 5.41) is 6.31. The molecule has 2 aromatic rings. The molecule has 0 spiro atoms. The zero-order valence-electron chi connectivity index (χ0n) is 13.5. The van der Waals surface area contributed by atoms with E-state index in [4.69, 9.17) is 8.94 Å². The Hall–Kier alpha value is -2.61. The highest BCUT2D eigenvalue weighted by Gasteiger charge is 2.20. The maximum absolute atomic E-state index is 12.1. The second kappa shape index (κ2) is 7.10. The second-order valence-electron chi connectivity index (χ2n) is 5.20. The van der Waals surface area contributed by atoms with Gasteiger partial charge in [0, 0.05) is 6.07 Å². The van der Waals surface area contributed by atoms with Crippen LogP contribution in [0.4, 0.5) is 5.82 Å². The van der Waals surface area contributed by atoms with Crippen molar-refractivity contribution in [1.29, 1.82) is 0 Å². The number of aromatic nitrogens is 1. The molecule has 0 aliphatic carbocycles. The Labute approximate surface area is 133 Å². The lowest BCUT2D eigenvalue weighted by molar-refractivity contribution is -0.118. The predicted molar refractivity (Wildman–Crippen MR) is 82.7 cm³/mol. The van der Waals surface area contributed by atoms with E-state index >= 15 is 0 Å². The van der Waals surface area contributed by atoms with E-state index in [1.165, 1.54) is 0 Å². The largest absolute Gasteiger partial charge is 0.466 e. The van der Waals surface area contributed by atoms with Crippen molar-refractivity contribution in [2.45, 2.75) is 40.2 Å². The van der Waals surface area contributed by atoms with Crippen LogP contribution in [-0.2, 0) is 4.79 Å². The van der Waals surface area contributed by atoms with Crippen LogP contribution in [0.15, 0.2) is 21.1 Å². The van der Waals surface area contributed by atoms with Gasteiger partial charge in [-0.2, -0.15) is 0 Å². The van der Waals surface area contributed by atoms with E-state index in [-0.39, 0.29) is 11.8 Å². The van der Waals surface area contributed by atoms with Crippen molar-refractivity contribution in [3.8, 4) is 0 Å². The van der Waals surface area contributed by atoms with Crippen LogP contribution in [0, 0.1) is 20.8 Å². The summed E-state index contributed by atoms with van der Waals surface area (Å²) >= 11 is 0. The number of rotatable bonds is 6. The molecule has 124 valence electrons. The zero-order chi connectivity index (χ0) is 17.0. The van der Waals surface area contributed by atoms with Crippen molar-refractivity contribution >= 4 is 17.6 Å². The fraction of sp³-hybridized carbons (Fsp3) is 0.400. The topological polar surface area (TPSA) is 109 Å². The SMILES string of the molecule is CC[C@H](NNC(=O)c1cc(C)oc1C)C(=O)Nc1cc(C)on1. The van der Waals surface area contributed by atoms with Crippen LogP contribution in [0.1, 0.15) is 41.0 Å². The highest BCUT2D eigenvalue weighted by molar-refractivity contribution is 5.96. The smallest absolute Gasteiger partial charge is 0.268 e. The highest BCUT2D eigenvalue weighted by Crippen LogP contribution is 2.13. The average molecular weight is 320 g/mol. The van der Waals surface area contributed by atoms with Gasteiger partial charge in [0.1, 0.15) is 23.3 Å². The van der Waals surface area contributed by atoms with Crippen molar-refractivity contribution in [2.24, 2.45) is 0 Å². The number of carbonyl (C=O) groups excluding carboxylic acids is 2. The fourth-order valence-electron chi connectivity index (χ4n) is 2.07. The first-order valence-corrected chi connectivity index (χ1v) is 7.27. The average Bonchev–Trinajstić information content (AvgIpc) is 3.04. The van der Waals surface area contributed by atoms with Gasteiger partial charge in [-0.15, -0.1) is 0 Å². The van der Waals surface area contributed by atoms with Gasteiger partial charge < -0.3 is 14.3 Å². The Balaban J connectivity index is 1.92. The number of hydrogen-bond donors (Lipinski definition) is 3. The summed E-state index contributed by atoms with van der Waals surface area (Å²) < 4.78 is 10.2. The summed E-state index contributed by atoms with van der Waals surface area (Å²) in [6.45, 7) is 7.02. The molecule has 0 aromatic carbocycles. The molecule has 8 nitrogen and oxygen atoms in total. The van der Waals surface area contributed by atoms with Crippen LogP contribution in [-0.4, -0.2) is 23.0 Å². The molecule has 1 atom stereocenters. The molecule has 0 unspecified atom stereocenters. The summed E-state index contributed by atoms with van der Waals surface area (Å²) in [6, 6.07) is 2.65. The first-order chi connectivity index (χ1) is 10.9. The molecule has 0 fully saturated rings. The van der Waals surface area contributed by atoms with Gasteiger partial charge in [0.05, 0.1) is 5.56 Å². The van der Waals surface area contributed by atoms with E-state index < -0.39 is 6.04 Å². The number of hydrazine groups is 1. The normalized spacial score (nSPS) is 12.0. The highest BCUT2D eigenvalue weighted by atomic mass is 16.5. The molecule has 0 radical (unpaired) electrons. The molecular weight excluding hydrogens is 300 g/mol. The number of carbonyl (C=O) groups is 2. The lowest BCUT2D eigenvalue weighted by Crippen LogP contribution is -2.49. The van der Waals surface area contributed by atoms with Gasteiger partial charge in [-0.3, -0.25) is 15.0 Å². The zero-order valence-corrected chi connectivity index (χ0v) is 13.5. The Bertz CT molecular complexity index is 704. The van der Waals surface area contributed by atoms with Gasteiger partial charge >= 0.3 is 0 Å². The molecule has 23 heavy (non-hydrogen) atoms. The molecule has 0 saturated carbocycles. The van der Waals surface area contributed by atoms with E-state index in [1.54, 1.807) is 32.9 Å². The maximum Gasteiger partial charge on any atom is 0.268 e. The van der Waals surface area contributed by atoms with Gasteiger partial charge in [0.15, 0.2) is 5.82 Å². The molecule has 0 aliphatic heterocycles. The molecule has 2 heterocycles. The number of furan rings is 1. The number of nitrogens with zero attached hydrogens (tertiary/aromatic N) is 1. The summed E-state index contributed by atoms with van der Waals surface area (Å²) in [4.78, 5) is 24.2. The van der Waals surface area contributed by atoms with Crippen LogP contribution in [0.5, 0.6) is 0 Å².